The lowest BCUT2D eigenvalue weighted by molar-refractivity contribution is 0.318. The lowest BCUT2D eigenvalue weighted by atomic mass is 10.0. The molecule has 0 unspecified atom stereocenters. The molecule has 0 saturated carbocycles. The van der Waals surface area contributed by atoms with Gasteiger partial charge in [-0.3, -0.25) is 0 Å². The Labute approximate surface area is 185 Å². The number of fused-ring (bicyclic) bond motifs is 2. The minimum atomic E-state index is 0.250. The van der Waals surface area contributed by atoms with Gasteiger partial charge in [-0.25, -0.2) is 0 Å². The summed E-state index contributed by atoms with van der Waals surface area (Å²) in [5, 5.41) is 14.5. The van der Waals surface area contributed by atoms with Crippen molar-refractivity contribution < 1.29 is 9.52 Å². The normalized spacial score (nSPS) is 10.2. The molecule has 3 aromatic carbocycles. The molecule has 0 saturated heterocycles. The molecule has 31 heavy (non-hydrogen) atoms. The van der Waals surface area contributed by atoms with Crippen LogP contribution in [0.1, 0.15) is 25.2 Å². The third-order valence-electron chi connectivity index (χ3n) is 4.27. The Morgan fingerprint density at radius 2 is 1.58 bits per heavy atom. The van der Waals surface area contributed by atoms with Crippen LogP contribution in [0.4, 0.5) is 5.69 Å². The van der Waals surface area contributed by atoms with Crippen LogP contribution < -0.4 is 5.32 Å². The molecular weight excluding hydrogens is 382 g/mol. The molecule has 0 fully saturated rings. The molecule has 4 aromatic rings. The van der Waals surface area contributed by atoms with Gasteiger partial charge in [0.1, 0.15) is 11.3 Å². The number of benzene rings is 3. The van der Waals surface area contributed by atoms with Gasteiger partial charge in [0.25, 0.3) is 0 Å². The van der Waals surface area contributed by atoms with Gasteiger partial charge >= 0.3 is 0 Å². The average molecular weight is 414 g/mol. The van der Waals surface area contributed by atoms with Crippen LogP contribution in [0.25, 0.3) is 33.9 Å². The Morgan fingerprint density at radius 1 is 0.935 bits per heavy atom. The number of anilines is 1. The van der Waals surface area contributed by atoms with E-state index in [1.807, 2.05) is 37.3 Å². The first-order valence-electron chi connectivity index (χ1n) is 10.4. The van der Waals surface area contributed by atoms with E-state index in [-0.39, 0.29) is 6.61 Å². The highest BCUT2D eigenvalue weighted by molar-refractivity contribution is 5.98. The molecular formula is C28H31NO2. The molecule has 3 nitrogen and oxygen atoms in total. The van der Waals surface area contributed by atoms with Gasteiger partial charge < -0.3 is 14.8 Å². The summed E-state index contributed by atoms with van der Waals surface area (Å²) in [7, 11) is 0. The van der Waals surface area contributed by atoms with Crippen LogP contribution in [0.2, 0.25) is 0 Å². The van der Waals surface area contributed by atoms with Crippen molar-refractivity contribution in [1.29, 1.82) is 0 Å². The van der Waals surface area contributed by atoms with Crippen molar-refractivity contribution in [2.75, 3.05) is 18.5 Å². The molecule has 0 amide bonds. The van der Waals surface area contributed by atoms with Crippen molar-refractivity contribution in [3.63, 3.8) is 0 Å². The van der Waals surface area contributed by atoms with E-state index in [1.165, 1.54) is 10.8 Å². The van der Waals surface area contributed by atoms with Gasteiger partial charge in [-0.1, -0.05) is 60.7 Å². The quantitative estimate of drug-likeness (QED) is 0.332. The highest BCUT2D eigenvalue weighted by atomic mass is 16.3. The van der Waals surface area contributed by atoms with Crippen molar-refractivity contribution in [2.24, 2.45) is 0 Å². The molecule has 3 heteroatoms. The van der Waals surface area contributed by atoms with Gasteiger partial charge in [-0.2, -0.15) is 0 Å². The van der Waals surface area contributed by atoms with E-state index in [1.54, 1.807) is 13.0 Å². The number of aliphatic hydroxyl groups is 1. The monoisotopic (exact) mass is 413 g/mol. The predicted molar refractivity (Wildman–Crippen MR) is 136 cm³/mol. The van der Waals surface area contributed by atoms with Crippen LogP contribution in [0.3, 0.4) is 0 Å². The number of allylic oxidation sites excluding steroid dienone is 1. The Bertz CT molecular complexity index is 1110. The Morgan fingerprint density at radius 3 is 2.26 bits per heavy atom. The van der Waals surface area contributed by atoms with E-state index < -0.39 is 0 Å². The fourth-order valence-electron chi connectivity index (χ4n) is 3.06. The molecule has 2 N–H and O–H groups in total. The summed E-state index contributed by atoms with van der Waals surface area (Å²) < 4.78 is 5.90. The lowest BCUT2D eigenvalue weighted by Crippen LogP contribution is -2.00. The number of nitrogens with one attached hydrogen (secondary N) is 1. The zero-order chi connectivity index (χ0) is 22.5. The summed E-state index contributed by atoms with van der Waals surface area (Å²) in [6.45, 7) is 11.7. The second-order valence-corrected chi connectivity index (χ2v) is 6.66. The van der Waals surface area contributed by atoms with Crippen molar-refractivity contribution >= 4 is 39.6 Å². The first-order chi connectivity index (χ1) is 15.2. The van der Waals surface area contributed by atoms with E-state index >= 15 is 0 Å². The van der Waals surface area contributed by atoms with Crippen molar-refractivity contribution in [2.45, 2.75) is 13.8 Å². The fourth-order valence-corrected chi connectivity index (χ4v) is 3.06. The van der Waals surface area contributed by atoms with E-state index in [0.717, 1.165) is 34.5 Å². The van der Waals surface area contributed by atoms with Gasteiger partial charge in [0, 0.05) is 29.8 Å². The number of para-hydroxylation sites is 1. The van der Waals surface area contributed by atoms with E-state index in [2.05, 4.69) is 73.1 Å². The van der Waals surface area contributed by atoms with Crippen LogP contribution in [0.5, 0.6) is 0 Å². The highest BCUT2D eigenvalue weighted by Crippen LogP contribution is 2.29. The molecule has 0 aliphatic rings. The number of aliphatic hydroxyl groups excluding tert-OH is 1. The number of hydrogen-bond acceptors (Lipinski definition) is 3. The van der Waals surface area contributed by atoms with Gasteiger partial charge in [0.2, 0.25) is 0 Å². The maximum Gasteiger partial charge on any atom is 0.134 e. The second-order valence-electron chi connectivity index (χ2n) is 6.66. The zero-order valence-corrected chi connectivity index (χ0v) is 18.3. The minimum Gasteiger partial charge on any atom is -0.457 e. The topological polar surface area (TPSA) is 45.4 Å². The molecule has 0 aliphatic carbocycles. The SMILES string of the molecule is C=CC.C=CCNc1ccc2ccccc2c1/C=C/c1cc2ccccc2o1.CCO. The Kier molecular flexibility index (Phi) is 9.86. The second kappa shape index (κ2) is 12.9. The molecule has 4 rings (SSSR count). The predicted octanol–water partition coefficient (Wildman–Crippen LogP) is 7.55. The Balaban J connectivity index is 0.000000513. The third kappa shape index (κ3) is 6.73. The fraction of sp³-hybridized carbons (Fsp3) is 0.143. The summed E-state index contributed by atoms with van der Waals surface area (Å²) in [6, 6.07) is 22.8. The highest BCUT2D eigenvalue weighted by Gasteiger charge is 2.05. The molecule has 1 aromatic heterocycles. The maximum absolute atomic E-state index is 7.57. The Hall–Kier alpha value is -3.56. The molecule has 0 radical (unpaired) electrons. The van der Waals surface area contributed by atoms with Crippen LogP contribution in [0.15, 0.2) is 96.5 Å². The number of hydrogen-bond donors (Lipinski definition) is 2. The van der Waals surface area contributed by atoms with Gasteiger partial charge in [0.15, 0.2) is 0 Å². The maximum atomic E-state index is 7.57. The van der Waals surface area contributed by atoms with Gasteiger partial charge in [-0.15, -0.1) is 13.2 Å². The molecule has 160 valence electrons. The standard InChI is InChI=1S/C23H19NO.C3H6.C2H6O/c1-2-15-24-22-14-11-17-7-3-5-9-20(17)21(22)13-12-19-16-18-8-4-6-10-23(18)25-19;1-3-2;1-2-3/h2-14,16,24H,1,15H2;3H,1H2,2H3;3H,2H2,1H3/b13-12+;;. The molecule has 0 aliphatic heterocycles. The minimum absolute atomic E-state index is 0.250. The molecule has 1 heterocycles. The summed E-state index contributed by atoms with van der Waals surface area (Å²) >= 11 is 0. The lowest BCUT2D eigenvalue weighted by Gasteiger charge is -2.11. The van der Waals surface area contributed by atoms with E-state index in [4.69, 9.17) is 9.52 Å². The molecule has 0 spiro atoms. The molecule has 0 atom stereocenters. The van der Waals surface area contributed by atoms with Crippen LogP contribution in [-0.2, 0) is 0 Å². The van der Waals surface area contributed by atoms with Gasteiger partial charge in [-0.05, 0) is 55.0 Å². The third-order valence-corrected chi connectivity index (χ3v) is 4.27. The van der Waals surface area contributed by atoms with E-state index in [0.29, 0.717) is 0 Å². The number of furan rings is 1. The first-order valence-corrected chi connectivity index (χ1v) is 10.4. The zero-order valence-electron chi connectivity index (χ0n) is 18.3. The summed E-state index contributed by atoms with van der Waals surface area (Å²) in [6.07, 6.45) is 7.76. The van der Waals surface area contributed by atoms with E-state index in [9.17, 15) is 0 Å². The van der Waals surface area contributed by atoms with Crippen LogP contribution in [-0.4, -0.2) is 18.3 Å². The molecule has 0 bridgehead atoms. The smallest absolute Gasteiger partial charge is 0.134 e. The van der Waals surface area contributed by atoms with Crippen molar-refractivity contribution in [3.8, 4) is 0 Å². The summed E-state index contributed by atoms with van der Waals surface area (Å²) in [5.74, 6) is 0.851. The summed E-state index contributed by atoms with van der Waals surface area (Å²) in [4.78, 5) is 0. The van der Waals surface area contributed by atoms with Crippen molar-refractivity contribution in [3.05, 3.63) is 103 Å². The average Bonchev–Trinajstić information content (AvgIpc) is 3.20. The first kappa shape index (κ1) is 23.7. The van der Waals surface area contributed by atoms with Crippen LogP contribution in [0, 0.1) is 0 Å². The number of rotatable bonds is 5. The largest absolute Gasteiger partial charge is 0.457 e. The van der Waals surface area contributed by atoms with Crippen molar-refractivity contribution in [1.82, 2.24) is 0 Å². The van der Waals surface area contributed by atoms with Gasteiger partial charge in [0.05, 0.1) is 0 Å². The van der Waals surface area contributed by atoms with Crippen LogP contribution >= 0.6 is 0 Å². The summed E-state index contributed by atoms with van der Waals surface area (Å²) in [5.41, 5.74) is 3.15.